The summed E-state index contributed by atoms with van der Waals surface area (Å²) in [7, 11) is -1.76. The van der Waals surface area contributed by atoms with Gasteiger partial charge in [-0.25, -0.2) is 0 Å². The highest BCUT2D eigenvalue weighted by Crippen LogP contribution is 2.37. The first kappa shape index (κ1) is 16.8. The highest BCUT2D eigenvalue weighted by Gasteiger charge is 2.38. The second-order valence-corrected chi connectivity index (χ2v) is 12.1. The topological polar surface area (TPSA) is 9.23 Å². The Kier molecular flexibility index (Phi) is 4.81. The van der Waals surface area contributed by atoms with Crippen LogP contribution in [0.1, 0.15) is 38.8 Å². The molecule has 0 saturated heterocycles. The average Bonchev–Trinajstić information content (AvgIpc) is 2.47. The lowest BCUT2D eigenvalue weighted by molar-refractivity contribution is 0.492. The van der Waals surface area contributed by atoms with Crippen LogP contribution in [0.5, 0.6) is 5.75 Å². The number of hydrogen-bond donors (Lipinski definition) is 0. The van der Waals surface area contributed by atoms with Gasteiger partial charge in [-0.2, -0.15) is 0 Å². The minimum Gasteiger partial charge on any atom is -0.544 e. The summed E-state index contributed by atoms with van der Waals surface area (Å²) in [6, 6.07) is 19.0. The lowest BCUT2D eigenvalue weighted by Crippen LogP contribution is -2.43. The van der Waals surface area contributed by atoms with Gasteiger partial charge in [0.2, 0.25) is 8.32 Å². The standard InChI is InChI=1S/C20H27OSi/c1-16(17-10-8-7-9-11-17)18-12-14-19(15-13-18)21-22(5,6)20(2,3)4/h7-15H,1-6H3. The molecule has 0 heterocycles. The monoisotopic (exact) mass is 311 g/mol. The van der Waals surface area contributed by atoms with E-state index in [0.29, 0.717) is 0 Å². The van der Waals surface area contributed by atoms with Gasteiger partial charge in [-0.05, 0) is 41.4 Å². The first-order chi connectivity index (χ1) is 10.2. The van der Waals surface area contributed by atoms with Crippen LogP contribution in [-0.4, -0.2) is 8.32 Å². The van der Waals surface area contributed by atoms with Crippen molar-refractivity contribution in [1.29, 1.82) is 0 Å². The summed E-state index contributed by atoms with van der Waals surface area (Å²) in [6.07, 6.45) is 0. The van der Waals surface area contributed by atoms with Gasteiger partial charge < -0.3 is 4.43 Å². The minimum atomic E-state index is -1.76. The van der Waals surface area contributed by atoms with Gasteiger partial charge in [0.15, 0.2) is 0 Å². The second-order valence-electron chi connectivity index (χ2n) is 7.38. The molecule has 0 aliphatic heterocycles. The first-order valence-corrected chi connectivity index (χ1v) is 10.8. The van der Waals surface area contributed by atoms with Gasteiger partial charge in [-0.1, -0.05) is 70.2 Å². The summed E-state index contributed by atoms with van der Waals surface area (Å²) in [5, 5.41) is 0.220. The molecular formula is C20H27OSi. The average molecular weight is 312 g/mol. The molecule has 1 nitrogen and oxygen atoms in total. The quantitative estimate of drug-likeness (QED) is 0.623. The zero-order valence-electron chi connectivity index (χ0n) is 14.6. The van der Waals surface area contributed by atoms with E-state index in [-0.39, 0.29) is 5.04 Å². The van der Waals surface area contributed by atoms with Crippen LogP contribution in [0.2, 0.25) is 18.1 Å². The van der Waals surface area contributed by atoms with Crippen LogP contribution in [0.4, 0.5) is 0 Å². The molecule has 0 aliphatic carbocycles. The van der Waals surface area contributed by atoms with Crippen molar-refractivity contribution in [3.05, 3.63) is 71.6 Å². The molecule has 2 heteroatoms. The number of rotatable bonds is 4. The third-order valence-electron chi connectivity index (χ3n) is 4.67. The Hall–Kier alpha value is -1.54. The SMILES string of the molecule is C[C](c1ccccc1)c1ccc(O[Si](C)(C)C(C)(C)C)cc1. The fraction of sp³-hybridized carbons (Fsp3) is 0.350. The predicted octanol–water partition coefficient (Wildman–Crippen LogP) is 6.06. The zero-order chi connectivity index (χ0) is 16.4. The fourth-order valence-corrected chi connectivity index (χ4v) is 3.11. The normalized spacial score (nSPS) is 12.5. The van der Waals surface area contributed by atoms with Crippen molar-refractivity contribution in [2.24, 2.45) is 0 Å². The second kappa shape index (κ2) is 6.29. The molecule has 0 aliphatic rings. The molecule has 22 heavy (non-hydrogen) atoms. The Morgan fingerprint density at radius 2 is 1.32 bits per heavy atom. The van der Waals surface area contributed by atoms with E-state index >= 15 is 0 Å². The van der Waals surface area contributed by atoms with Crippen LogP contribution >= 0.6 is 0 Å². The molecule has 0 fully saturated rings. The van der Waals surface area contributed by atoms with Crippen LogP contribution in [0.3, 0.4) is 0 Å². The van der Waals surface area contributed by atoms with E-state index < -0.39 is 8.32 Å². The van der Waals surface area contributed by atoms with Crippen molar-refractivity contribution in [2.45, 2.75) is 45.8 Å². The van der Waals surface area contributed by atoms with Crippen LogP contribution in [0, 0.1) is 5.92 Å². The highest BCUT2D eigenvalue weighted by atomic mass is 28.4. The van der Waals surface area contributed by atoms with Crippen molar-refractivity contribution in [2.75, 3.05) is 0 Å². The highest BCUT2D eigenvalue weighted by molar-refractivity contribution is 6.74. The molecule has 117 valence electrons. The van der Waals surface area contributed by atoms with Crippen molar-refractivity contribution in [3.63, 3.8) is 0 Å². The first-order valence-electron chi connectivity index (χ1n) is 7.89. The third kappa shape index (κ3) is 3.80. The van der Waals surface area contributed by atoms with Gasteiger partial charge in [0, 0.05) is 5.92 Å². The van der Waals surface area contributed by atoms with E-state index in [1.54, 1.807) is 0 Å². The summed E-state index contributed by atoms with van der Waals surface area (Å²) < 4.78 is 6.34. The Balaban J connectivity index is 2.14. The maximum atomic E-state index is 6.34. The van der Waals surface area contributed by atoms with Crippen molar-refractivity contribution >= 4 is 8.32 Å². The lowest BCUT2D eigenvalue weighted by Gasteiger charge is -2.36. The molecule has 2 aromatic carbocycles. The van der Waals surface area contributed by atoms with Gasteiger partial charge in [-0.3, -0.25) is 0 Å². The van der Waals surface area contributed by atoms with E-state index in [2.05, 4.69) is 89.3 Å². The van der Waals surface area contributed by atoms with Crippen LogP contribution in [0.15, 0.2) is 54.6 Å². The van der Waals surface area contributed by atoms with Gasteiger partial charge in [0.1, 0.15) is 5.75 Å². The molecule has 0 N–H and O–H groups in total. The van der Waals surface area contributed by atoms with E-state index in [1.165, 1.54) is 17.0 Å². The minimum absolute atomic E-state index is 0.220. The summed E-state index contributed by atoms with van der Waals surface area (Å²) in [5.74, 6) is 2.27. The molecule has 0 amide bonds. The lowest BCUT2D eigenvalue weighted by atomic mass is 9.93. The summed E-state index contributed by atoms with van der Waals surface area (Å²) in [4.78, 5) is 0. The molecule has 0 saturated carbocycles. The predicted molar refractivity (Wildman–Crippen MR) is 97.8 cm³/mol. The Morgan fingerprint density at radius 3 is 1.82 bits per heavy atom. The molecule has 0 spiro atoms. The third-order valence-corrected chi connectivity index (χ3v) is 9.03. The van der Waals surface area contributed by atoms with Gasteiger partial charge in [0.05, 0.1) is 0 Å². The molecule has 0 aromatic heterocycles. The Labute approximate surface area is 136 Å². The molecule has 0 atom stereocenters. The van der Waals surface area contributed by atoms with E-state index in [0.717, 1.165) is 5.75 Å². The smallest absolute Gasteiger partial charge is 0.250 e. The van der Waals surface area contributed by atoms with E-state index in [4.69, 9.17) is 4.43 Å². The van der Waals surface area contributed by atoms with Crippen LogP contribution < -0.4 is 4.43 Å². The number of hydrogen-bond acceptors (Lipinski definition) is 1. The van der Waals surface area contributed by atoms with Crippen LogP contribution in [-0.2, 0) is 0 Å². The van der Waals surface area contributed by atoms with Crippen molar-refractivity contribution < 1.29 is 4.43 Å². The molecular weight excluding hydrogens is 284 g/mol. The summed E-state index contributed by atoms with van der Waals surface area (Å²) in [6.45, 7) is 13.5. The molecule has 2 rings (SSSR count). The Morgan fingerprint density at radius 1 is 0.818 bits per heavy atom. The maximum absolute atomic E-state index is 6.34. The summed E-state index contributed by atoms with van der Waals surface area (Å²) in [5.41, 5.74) is 2.51. The molecule has 0 unspecified atom stereocenters. The molecule has 1 radical (unpaired) electrons. The Bertz CT molecular complexity index is 594. The molecule has 0 bridgehead atoms. The van der Waals surface area contributed by atoms with Crippen molar-refractivity contribution in [1.82, 2.24) is 0 Å². The van der Waals surface area contributed by atoms with Gasteiger partial charge >= 0.3 is 0 Å². The van der Waals surface area contributed by atoms with Gasteiger partial charge in [-0.15, -0.1) is 0 Å². The molecule has 2 aromatic rings. The largest absolute Gasteiger partial charge is 0.544 e. The van der Waals surface area contributed by atoms with E-state index in [1.807, 2.05) is 6.07 Å². The fourth-order valence-electron chi connectivity index (χ4n) is 2.08. The number of benzene rings is 2. The van der Waals surface area contributed by atoms with Crippen molar-refractivity contribution in [3.8, 4) is 5.75 Å². The summed E-state index contributed by atoms with van der Waals surface area (Å²) >= 11 is 0. The van der Waals surface area contributed by atoms with E-state index in [9.17, 15) is 0 Å². The zero-order valence-corrected chi connectivity index (χ0v) is 15.6. The van der Waals surface area contributed by atoms with Gasteiger partial charge in [0.25, 0.3) is 0 Å². The van der Waals surface area contributed by atoms with Crippen LogP contribution in [0.25, 0.3) is 0 Å². The maximum Gasteiger partial charge on any atom is 0.250 e.